The van der Waals surface area contributed by atoms with Gasteiger partial charge in [-0.05, 0) is 43.5 Å². The second kappa shape index (κ2) is 5.40. The predicted octanol–water partition coefficient (Wildman–Crippen LogP) is 2.05. The van der Waals surface area contributed by atoms with Gasteiger partial charge in [-0.3, -0.25) is 9.69 Å². The van der Waals surface area contributed by atoms with E-state index in [2.05, 4.69) is 6.07 Å². The average molecular weight is 249 g/mol. The molecule has 4 nitrogen and oxygen atoms in total. The Morgan fingerprint density at radius 2 is 2.33 bits per heavy atom. The maximum atomic E-state index is 11.1. The van der Waals surface area contributed by atoms with Crippen LogP contribution in [0.5, 0.6) is 5.75 Å². The molecular weight excluding hydrogens is 230 g/mol. The molecule has 1 N–H and O–H groups in total. The second-order valence-electron chi connectivity index (χ2n) is 4.77. The highest BCUT2D eigenvalue weighted by atomic mass is 16.5. The van der Waals surface area contributed by atoms with E-state index in [0.29, 0.717) is 6.54 Å². The van der Waals surface area contributed by atoms with Crippen molar-refractivity contribution in [2.24, 2.45) is 0 Å². The Labute approximate surface area is 107 Å². The van der Waals surface area contributed by atoms with Gasteiger partial charge in [0.1, 0.15) is 11.8 Å². The van der Waals surface area contributed by atoms with Crippen LogP contribution in [0.4, 0.5) is 0 Å². The van der Waals surface area contributed by atoms with Gasteiger partial charge in [-0.1, -0.05) is 12.1 Å². The molecule has 0 saturated carbocycles. The van der Waals surface area contributed by atoms with Crippen LogP contribution >= 0.6 is 0 Å². The molecule has 0 spiro atoms. The van der Waals surface area contributed by atoms with Crippen molar-refractivity contribution in [3.63, 3.8) is 0 Å². The van der Waals surface area contributed by atoms with Crippen molar-refractivity contribution in [3.8, 4) is 5.75 Å². The molecule has 1 atom stereocenters. The number of hydrogen-bond donors (Lipinski definition) is 1. The molecule has 1 heterocycles. The quantitative estimate of drug-likeness (QED) is 0.887. The number of carbonyl (C=O) groups is 1. The largest absolute Gasteiger partial charge is 0.496 e. The van der Waals surface area contributed by atoms with Crippen molar-refractivity contribution in [3.05, 3.63) is 29.3 Å². The van der Waals surface area contributed by atoms with Crippen molar-refractivity contribution in [1.82, 2.24) is 4.90 Å². The molecule has 0 aromatic heterocycles. The van der Waals surface area contributed by atoms with Crippen LogP contribution in [0.15, 0.2) is 18.2 Å². The Morgan fingerprint density at radius 3 is 2.94 bits per heavy atom. The van der Waals surface area contributed by atoms with E-state index in [-0.39, 0.29) is 6.04 Å². The molecule has 0 radical (unpaired) electrons. The molecule has 2 rings (SSSR count). The molecule has 0 bridgehead atoms. The number of hydrogen-bond acceptors (Lipinski definition) is 3. The monoisotopic (exact) mass is 249 g/mol. The van der Waals surface area contributed by atoms with Crippen molar-refractivity contribution >= 4 is 5.97 Å². The average Bonchev–Trinajstić information content (AvgIpc) is 2.77. The smallest absolute Gasteiger partial charge is 0.320 e. The third-order valence-corrected chi connectivity index (χ3v) is 3.49. The Balaban J connectivity index is 2.09. The predicted molar refractivity (Wildman–Crippen MR) is 68.8 cm³/mol. The van der Waals surface area contributed by atoms with E-state index in [1.54, 1.807) is 7.11 Å². The Morgan fingerprint density at radius 1 is 1.56 bits per heavy atom. The summed E-state index contributed by atoms with van der Waals surface area (Å²) in [5.74, 6) is 0.160. The number of likely N-dealkylation sites (tertiary alicyclic amines) is 1. The highest BCUT2D eigenvalue weighted by Gasteiger charge is 2.30. The van der Waals surface area contributed by atoms with Crippen molar-refractivity contribution in [2.45, 2.75) is 32.4 Å². The standard InChI is InChI=1S/C14H19NO3/c1-10-8-11(5-6-13(10)18-2)9-15-7-3-4-12(15)14(16)17/h5-6,8,12H,3-4,7,9H2,1-2H3,(H,16,17). The maximum Gasteiger partial charge on any atom is 0.320 e. The first kappa shape index (κ1) is 12.9. The first-order valence-electron chi connectivity index (χ1n) is 6.22. The fraction of sp³-hybridized carbons (Fsp3) is 0.500. The van der Waals surface area contributed by atoms with Crippen LogP contribution in [0.25, 0.3) is 0 Å². The van der Waals surface area contributed by atoms with Gasteiger partial charge in [0, 0.05) is 6.54 Å². The van der Waals surface area contributed by atoms with E-state index >= 15 is 0 Å². The summed E-state index contributed by atoms with van der Waals surface area (Å²) in [5.41, 5.74) is 2.22. The molecule has 18 heavy (non-hydrogen) atoms. The highest BCUT2D eigenvalue weighted by Crippen LogP contribution is 2.23. The molecule has 1 aliphatic heterocycles. The third kappa shape index (κ3) is 2.64. The zero-order chi connectivity index (χ0) is 13.1. The fourth-order valence-corrected chi connectivity index (χ4v) is 2.57. The van der Waals surface area contributed by atoms with Gasteiger partial charge in [0.25, 0.3) is 0 Å². The van der Waals surface area contributed by atoms with Crippen LogP contribution in [0.1, 0.15) is 24.0 Å². The summed E-state index contributed by atoms with van der Waals surface area (Å²) >= 11 is 0. The van der Waals surface area contributed by atoms with Gasteiger partial charge < -0.3 is 9.84 Å². The molecule has 1 aromatic rings. The number of carboxylic acid groups (broad SMARTS) is 1. The third-order valence-electron chi connectivity index (χ3n) is 3.49. The number of rotatable bonds is 4. The minimum absolute atomic E-state index is 0.326. The van der Waals surface area contributed by atoms with Crippen LogP contribution in [-0.2, 0) is 11.3 Å². The van der Waals surface area contributed by atoms with E-state index < -0.39 is 5.97 Å². The molecule has 0 aliphatic carbocycles. The lowest BCUT2D eigenvalue weighted by atomic mass is 10.1. The minimum Gasteiger partial charge on any atom is -0.496 e. The topological polar surface area (TPSA) is 49.8 Å². The molecule has 0 amide bonds. The normalized spacial score (nSPS) is 20.0. The molecule has 98 valence electrons. The van der Waals surface area contributed by atoms with Crippen LogP contribution in [-0.4, -0.2) is 35.7 Å². The van der Waals surface area contributed by atoms with E-state index in [9.17, 15) is 4.79 Å². The number of aliphatic carboxylic acids is 1. The molecule has 1 aromatic carbocycles. The number of methoxy groups -OCH3 is 1. The van der Waals surface area contributed by atoms with Crippen LogP contribution in [0.2, 0.25) is 0 Å². The Kier molecular flexibility index (Phi) is 3.87. The van der Waals surface area contributed by atoms with Gasteiger partial charge in [-0.25, -0.2) is 0 Å². The number of nitrogens with zero attached hydrogens (tertiary/aromatic N) is 1. The summed E-state index contributed by atoms with van der Waals surface area (Å²) in [6.45, 7) is 3.56. The van der Waals surface area contributed by atoms with Gasteiger partial charge in [0.2, 0.25) is 0 Å². The summed E-state index contributed by atoms with van der Waals surface area (Å²) in [7, 11) is 1.66. The zero-order valence-electron chi connectivity index (χ0n) is 10.8. The van der Waals surface area contributed by atoms with Crippen molar-refractivity contribution in [1.29, 1.82) is 0 Å². The Bertz CT molecular complexity index is 445. The van der Waals surface area contributed by atoms with E-state index in [4.69, 9.17) is 9.84 Å². The van der Waals surface area contributed by atoms with Gasteiger partial charge in [0.15, 0.2) is 0 Å². The van der Waals surface area contributed by atoms with Crippen molar-refractivity contribution in [2.75, 3.05) is 13.7 Å². The molecule has 1 unspecified atom stereocenters. The molecule has 1 aliphatic rings. The number of aryl methyl sites for hydroxylation is 1. The number of carboxylic acids is 1. The van der Waals surface area contributed by atoms with Crippen LogP contribution < -0.4 is 4.74 Å². The SMILES string of the molecule is COc1ccc(CN2CCCC2C(=O)O)cc1C. The number of ether oxygens (including phenoxy) is 1. The second-order valence-corrected chi connectivity index (χ2v) is 4.77. The molecule has 4 heteroatoms. The van der Waals surface area contributed by atoms with Crippen LogP contribution in [0.3, 0.4) is 0 Å². The number of benzene rings is 1. The van der Waals surface area contributed by atoms with Gasteiger partial charge in [-0.15, -0.1) is 0 Å². The first-order valence-corrected chi connectivity index (χ1v) is 6.22. The highest BCUT2D eigenvalue weighted by molar-refractivity contribution is 5.73. The zero-order valence-corrected chi connectivity index (χ0v) is 10.8. The summed E-state index contributed by atoms with van der Waals surface area (Å²) in [6.07, 6.45) is 1.72. The summed E-state index contributed by atoms with van der Waals surface area (Å²) in [5, 5.41) is 9.14. The molecule has 1 fully saturated rings. The molecule has 1 saturated heterocycles. The van der Waals surface area contributed by atoms with E-state index in [1.807, 2.05) is 24.0 Å². The first-order chi connectivity index (χ1) is 8.61. The summed E-state index contributed by atoms with van der Waals surface area (Å²) < 4.78 is 5.22. The Hall–Kier alpha value is -1.55. The van der Waals surface area contributed by atoms with Gasteiger partial charge >= 0.3 is 5.97 Å². The van der Waals surface area contributed by atoms with E-state index in [0.717, 1.165) is 36.3 Å². The lowest BCUT2D eigenvalue weighted by Crippen LogP contribution is -2.35. The minimum atomic E-state index is -0.710. The summed E-state index contributed by atoms with van der Waals surface area (Å²) in [4.78, 5) is 13.1. The lowest BCUT2D eigenvalue weighted by molar-refractivity contribution is -0.142. The fourth-order valence-electron chi connectivity index (χ4n) is 2.57. The van der Waals surface area contributed by atoms with Gasteiger partial charge in [-0.2, -0.15) is 0 Å². The molecular formula is C14H19NO3. The van der Waals surface area contributed by atoms with Crippen LogP contribution in [0, 0.1) is 6.92 Å². The van der Waals surface area contributed by atoms with E-state index in [1.165, 1.54) is 0 Å². The lowest BCUT2D eigenvalue weighted by Gasteiger charge is -2.21. The maximum absolute atomic E-state index is 11.1. The summed E-state index contributed by atoms with van der Waals surface area (Å²) in [6, 6.07) is 5.68. The van der Waals surface area contributed by atoms with Crippen molar-refractivity contribution < 1.29 is 14.6 Å². The van der Waals surface area contributed by atoms with Gasteiger partial charge in [0.05, 0.1) is 7.11 Å².